The van der Waals surface area contributed by atoms with Crippen molar-refractivity contribution in [3.63, 3.8) is 0 Å². The normalized spacial score (nSPS) is 12.5. The van der Waals surface area contributed by atoms with E-state index < -0.39 is 5.82 Å². The second-order valence-corrected chi connectivity index (χ2v) is 6.69. The Morgan fingerprint density at radius 3 is 2.75 bits per heavy atom. The fraction of sp³-hybridized carbons (Fsp3) is 0.200. The van der Waals surface area contributed by atoms with Crippen LogP contribution < -0.4 is 10.1 Å². The Morgan fingerprint density at radius 2 is 1.96 bits per heavy atom. The van der Waals surface area contributed by atoms with Gasteiger partial charge in [-0.1, -0.05) is 29.8 Å². The Bertz CT molecular complexity index is 1060. The number of H-pyrrole nitrogens is 1. The van der Waals surface area contributed by atoms with Crippen LogP contribution >= 0.6 is 11.6 Å². The van der Waals surface area contributed by atoms with Crippen molar-refractivity contribution in [2.75, 3.05) is 25.6 Å². The number of hydrogen-bond donors (Lipinski definition) is 2. The van der Waals surface area contributed by atoms with Crippen molar-refractivity contribution in [2.45, 2.75) is 6.92 Å². The molecule has 0 unspecified atom stereocenters. The third-order valence-corrected chi connectivity index (χ3v) is 4.72. The van der Waals surface area contributed by atoms with Crippen molar-refractivity contribution in [3.8, 4) is 5.75 Å². The first-order valence-corrected chi connectivity index (χ1v) is 9.07. The molecule has 1 aliphatic heterocycles. The topological polar surface area (TPSA) is 71.5 Å². The van der Waals surface area contributed by atoms with Gasteiger partial charge in [-0.3, -0.25) is 5.10 Å². The van der Waals surface area contributed by atoms with E-state index in [0.717, 1.165) is 5.69 Å². The average molecular weight is 401 g/mol. The van der Waals surface area contributed by atoms with Crippen molar-refractivity contribution in [2.24, 2.45) is 4.99 Å². The molecule has 8 heteroatoms. The molecule has 0 bridgehead atoms. The molecule has 0 fully saturated rings. The standard InChI is InChI=1S/C20H18ClFN4O2/c1-11-18-20(26-25-11)23-16-10-17(28-8-7-27-2)15(22)9-13(16)19(24-18)12-5-3-4-6-14(12)21/h3-6,9-10H,7-8H2,1-2H3,(H2,23,25,26). The lowest BCUT2D eigenvalue weighted by Gasteiger charge is -2.15. The number of aromatic amines is 1. The summed E-state index contributed by atoms with van der Waals surface area (Å²) in [5, 5.41) is 10.9. The fourth-order valence-electron chi connectivity index (χ4n) is 3.00. The molecular weight excluding hydrogens is 383 g/mol. The second-order valence-electron chi connectivity index (χ2n) is 6.28. The minimum Gasteiger partial charge on any atom is -0.488 e. The van der Waals surface area contributed by atoms with Gasteiger partial charge in [0.2, 0.25) is 0 Å². The number of benzene rings is 2. The summed E-state index contributed by atoms with van der Waals surface area (Å²) in [4.78, 5) is 4.77. The molecule has 28 heavy (non-hydrogen) atoms. The largest absolute Gasteiger partial charge is 0.488 e. The van der Waals surface area contributed by atoms with E-state index in [9.17, 15) is 4.39 Å². The van der Waals surface area contributed by atoms with Crippen molar-refractivity contribution in [3.05, 3.63) is 64.1 Å². The van der Waals surface area contributed by atoms with Gasteiger partial charge in [-0.25, -0.2) is 9.38 Å². The lowest BCUT2D eigenvalue weighted by atomic mass is 10.00. The molecule has 3 aromatic rings. The zero-order valence-electron chi connectivity index (χ0n) is 15.3. The number of halogens is 2. The highest BCUT2D eigenvalue weighted by atomic mass is 35.5. The van der Waals surface area contributed by atoms with Crippen molar-refractivity contribution in [1.82, 2.24) is 10.2 Å². The Morgan fingerprint density at radius 1 is 1.14 bits per heavy atom. The Hall–Kier alpha value is -2.90. The molecule has 0 spiro atoms. The van der Waals surface area contributed by atoms with Gasteiger partial charge >= 0.3 is 0 Å². The molecule has 1 aromatic heterocycles. The molecule has 4 rings (SSSR count). The maximum Gasteiger partial charge on any atom is 0.178 e. The molecule has 0 aliphatic carbocycles. The van der Waals surface area contributed by atoms with Crippen LogP contribution in [0.3, 0.4) is 0 Å². The number of ether oxygens (including phenoxy) is 2. The van der Waals surface area contributed by atoms with E-state index in [4.69, 9.17) is 26.1 Å². The smallest absolute Gasteiger partial charge is 0.178 e. The number of nitrogens with zero attached hydrogens (tertiary/aromatic N) is 2. The van der Waals surface area contributed by atoms with E-state index >= 15 is 0 Å². The van der Waals surface area contributed by atoms with Gasteiger partial charge in [-0.2, -0.15) is 5.10 Å². The van der Waals surface area contributed by atoms with Gasteiger partial charge in [0.15, 0.2) is 17.4 Å². The van der Waals surface area contributed by atoms with E-state index in [2.05, 4.69) is 15.5 Å². The van der Waals surface area contributed by atoms with E-state index in [0.29, 0.717) is 45.7 Å². The maximum absolute atomic E-state index is 14.8. The van der Waals surface area contributed by atoms with Crippen LogP contribution in [-0.2, 0) is 4.74 Å². The van der Waals surface area contributed by atoms with Crippen LogP contribution in [0, 0.1) is 12.7 Å². The predicted octanol–water partition coefficient (Wildman–Crippen LogP) is 4.76. The Labute approximate surface area is 166 Å². The number of rotatable bonds is 5. The molecular formula is C20H18ClFN4O2. The van der Waals surface area contributed by atoms with Crippen molar-refractivity contribution >= 4 is 34.5 Å². The predicted molar refractivity (Wildman–Crippen MR) is 107 cm³/mol. The number of aromatic nitrogens is 2. The van der Waals surface area contributed by atoms with Crippen LogP contribution in [0.25, 0.3) is 0 Å². The van der Waals surface area contributed by atoms with Gasteiger partial charge in [-0.05, 0) is 19.1 Å². The zero-order chi connectivity index (χ0) is 19.7. The van der Waals surface area contributed by atoms with E-state index in [1.165, 1.54) is 6.07 Å². The highest BCUT2D eigenvalue weighted by Crippen LogP contribution is 2.39. The highest BCUT2D eigenvalue weighted by Gasteiger charge is 2.24. The molecule has 0 amide bonds. The van der Waals surface area contributed by atoms with Crippen LogP contribution in [0.4, 0.5) is 21.6 Å². The molecule has 2 N–H and O–H groups in total. The minimum absolute atomic E-state index is 0.123. The second kappa shape index (κ2) is 7.61. The van der Waals surface area contributed by atoms with Gasteiger partial charge in [0.1, 0.15) is 12.3 Å². The zero-order valence-corrected chi connectivity index (χ0v) is 16.1. The Balaban J connectivity index is 1.89. The SMILES string of the molecule is COCCOc1cc2c(cc1F)C(c1ccccc1Cl)=Nc1c(n[nH]c1C)N2. The Kier molecular flexibility index (Phi) is 5.02. The summed E-state index contributed by atoms with van der Waals surface area (Å²) in [6.45, 7) is 2.47. The van der Waals surface area contributed by atoms with Crippen molar-refractivity contribution < 1.29 is 13.9 Å². The average Bonchev–Trinajstić information content (AvgIpc) is 2.93. The summed E-state index contributed by atoms with van der Waals surface area (Å²) >= 11 is 6.42. The summed E-state index contributed by atoms with van der Waals surface area (Å²) < 4.78 is 25.2. The van der Waals surface area contributed by atoms with Gasteiger partial charge in [0.25, 0.3) is 0 Å². The lowest BCUT2D eigenvalue weighted by Crippen LogP contribution is -2.09. The summed E-state index contributed by atoms with van der Waals surface area (Å²) in [5.74, 6) is 0.182. The number of methoxy groups -OCH3 is 1. The summed E-state index contributed by atoms with van der Waals surface area (Å²) in [6, 6.07) is 10.3. The maximum atomic E-state index is 14.8. The third-order valence-electron chi connectivity index (χ3n) is 4.39. The van der Waals surface area contributed by atoms with Crippen LogP contribution in [0.15, 0.2) is 41.4 Å². The van der Waals surface area contributed by atoms with Gasteiger partial charge in [-0.15, -0.1) is 0 Å². The van der Waals surface area contributed by atoms with E-state index in [-0.39, 0.29) is 12.4 Å². The first-order chi connectivity index (χ1) is 13.6. The van der Waals surface area contributed by atoms with Crippen LogP contribution in [0.5, 0.6) is 5.75 Å². The summed E-state index contributed by atoms with van der Waals surface area (Å²) in [6.07, 6.45) is 0. The fourth-order valence-corrected chi connectivity index (χ4v) is 3.23. The van der Waals surface area contributed by atoms with E-state index in [1.807, 2.05) is 25.1 Å². The van der Waals surface area contributed by atoms with E-state index in [1.54, 1.807) is 19.2 Å². The van der Waals surface area contributed by atoms with Crippen LogP contribution in [-0.4, -0.2) is 36.2 Å². The van der Waals surface area contributed by atoms with Gasteiger partial charge < -0.3 is 14.8 Å². The minimum atomic E-state index is -0.491. The number of hydrogen-bond acceptors (Lipinski definition) is 5. The molecule has 0 saturated heterocycles. The molecule has 1 aliphatic rings. The summed E-state index contributed by atoms with van der Waals surface area (Å²) in [7, 11) is 1.56. The quantitative estimate of drug-likeness (QED) is 0.474. The first-order valence-electron chi connectivity index (χ1n) is 8.69. The summed E-state index contributed by atoms with van der Waals surface area (Å²) in [5.41, 5.74) is 3.89. The molecule has 0 radical (unpaired) electrons. The number of aliphatic imine (C=N–C) groups is 1. The first kappa shape index (κ1) is 18.5. The third kappa shape index (κ3) is 3.34. The number of anilines is 2. The molecule has 144 valence electrons. The molecule has 0 atom stereocenters. The number of fused-ring (bicyclic) bond motifs is 2. The van der Waals surface area contributed by atoms with Gasteiger partial charge in [0.05, 0.1) is 23.7 Å². The molecule has 2 heterocycles. The number of nitrogens with one attached hydrogen (secondary N) is 2. The van der Waals surface area contributed by atoms with Gasteiger partial charge in [0, 0.05) is 29.3 Å². The number of aryl methyl sites for hydroxylation is 1. The van der Waals surface area contributed by atoms with Crippen LogP contribution in [0.1, 0.15) is 16.8 Å². The molecule has 0 saturated carbocycles. The molecule has 2 aromatic carbocycles. The highest BCUT2D eigenvalue weighted by molar-refractivity contribution is 6.36. The lowest BCUT2D eigenvalue weighted by molar-refractivity contribution is 0.144. The van der Waals surface area contributed by atoms with Crippen LogP contribution in [0.2, 0.25) is 5.02 Å². The molecule has 6 nitrogen and oxygen atoms in total. The monoisotopic (exact) mass is 400 g/mol. The van der Waals surface area contributed by atoms with Crippen molar-refractivity contribution in [1.29, 1.82) is 0 Å².